The Kier molecular flexibility index (Phi) is 4.39. The zero-order valence-corrected chi connectivity index (χ0v) is 10.5. The van der Waals surface area contributed by atoms with Crippen LogP contribution in [0.2, 0.25) is 0 Å². The van der Waals surface area contributed by atoms with Gasteiger partial charge in [-0.3, -0.25) is 4.79 Å². The van der Waals surface area contributed by atoms with Gasteiger partial charge in [-0.05, 0) is 32.1 Å². The smallest absolute Gasteiger partial charge is 0.242 e. The lowest BCUT2D eigenvalue weighted by atomic mass is 9.82. The first-order valence-electron chi connectivity index (χ1n) is 6.24. The summed E-state index contributed by atoms with van der Waals surface area (Å²) in [4.78, 5) is 11.3. The van der Waals surface area contributed by atoms with Gasteiger partial charge in [-0.2, -0.15) is 0 Å². The third-order valence-electron chi connectivity index (χ3n) is 3.78. The number of rotatable bonds is 7. The van der Waals surface area contributed by atoms with Gasteiger partial charge in [0.1, 0.15) is 5.54 Å². The number of nitrogens with one attached hydrogen (secondary N) is 1. The molecule has 0 saturated heterocycles. The molecular weight excluding hydrogens is 200 g/mol. The van der Waals surface area contributed by atoms with Crippen LogP contribution in [0.5, 0.6) is 0 Å². The van der Waals surface area contributed by atoms with Crippen molar-refractivity contribution in [2.24, 2.45) is 11.7 Å². The van der Waals surface area contributed by atoms with E-state index in [4.69, 9.17) is 5.73 Å². The number of carbonyl (C=O) groups excluding carboxylic acids is 1. The van der Waals surface area contributed by atoms with Crippen LogP contribution in [0.3, 0.4) is 0 Å². The Morgan fingerprint density at radius 2 is 2.19 bits per heavy atom. The molecule has 1 amide bonds. The van der Waals surface area contributed by atoms with E-state index in [0.717, 1.165) is 18.0 Å². The summed E-state index contributed by atoms with van der Waals surface area (Å²) < 4.78 is 0. The van der Waals surface area contributed by atoms with Crippen LogP contribution in [0.25, 0.3) is 0 Å². The number of hydrogen-bond donors (Lipinski definition) is 2. The van der Waals surface area contributed by atoms with Gasteiger partial charge in [0.25, 0.3) is 0 Å². The Labute approximate surface area is 98.5 Å². The lowest BCUT2D eigenvalue weighted by Crippen LogP contribution is -2.52. The Balaban J connectivity index is 2.33. The molecule has 1 rings (SSSR count). The molecule has 0 radical (unpaired) electrons. The maximum Gasteiger partial charge on any atom is 0.242 e. The van der Waals surface area contributed by atoms with E-state index in [1.54, 1.807) is 0 Å². The molecule has 1 aliphatic carbocycles. The normalized spacial score (nSPS) is 19.6. The third kappa shape index (κ3) is 3.26. The first-order chi connectivity index (χ1) is 7.48. The van der Waals surface area contributed by atoms with Crippen molar-refractivity contribution in [3.05, 3.63) is 12.3 Å². The molecule has 0 aromatic heterocycles. The molecule has 92 valence electrons. The number of nitrogens with two attached hydrogens (primary N) is 1. The van der Waals surface area contributed by atoms with E-state index in [1.165, 1.54) is 25.7 Å². The SMILES string of the molecule is C=C(CCC1CCC1)NC(C)(CC)C(N)=O. The topological polar surface area (TPSA) is 55.1 Å². The second kappa shape index (κ2) is 5.37. The standard InChI is InChI=1S/C13H24N2O/c1-4-13(3,12(14)16)15-10(2)8-9-11-6-5-7-11/h11,15H,2,4-9H2,1,3H3,(H2,14,16). The van der Waals surface area contributed by atoms with Crippen LogP contribution in [0, 0.1) is 5.92 Å². The summed E-state index contributed by atoms with van der Waals surface area (Å²) in [6.45, 7) is 7.77. The second-order valence-electron chi connectivity index (χ2n) is 5.11. The van der Waals surface area contributed by atoms with E-state index in [0.29, 0.717) is 6.42 Å². The van der Waals surface area contributed by atoms with Gasteiger partial charge in [0.2, 0.25) is 5.91 Å². The van der Waals surface area contributed by atoms with Crippen LogP contribution in [-0.4, -0.2) is 11.4 Å². The molecule has 0 aliphatic heterocycles. The molecule has 1 saturated carbocycles. The van der Waals surface area contributed by atoms with Crippen molar-refractivity contribution in [3.8, 4) is 0 Å². The first-order valence-corrected chi connectivity index (χ1v) is 6.24. The average molecular weight is 224 g/mol. The van der Waals surface area contributed by atoms with Crippen molar-refractivity contribution in [1.29, 1.82) is 0 Å². The van der Waals surface area contributed by atoms with E-state index >= 15 is 0 Å². The highest BCUT2D eigenvalue weighted by molar-refractivity contribution is 5.84. The van der Waals surface area contributed by atoms with Gasteiger partial charge in [-0.1, -0.05) is 32.8 Å². The summed E-state index contributed by atoms with van der Waals surface area (Å²) in [7, 11) is 0. The van der Waals surface area contributed by atoms with Crippen LogP contribution in [-0.2, 0) is 4.79 Å². The Morgan fingerprint density at radius 3 is 2.56 bits per heavy atom. The van der Waals surface area contributed by atoms with Crippen molar-refractivity contribution >= 4 is 5.91 Å². The second-order valence-corrected chi connectivity index (χ2v) is 5.11. The Bertz CT molecular complexity index is 271. The molecular formula is C13H24N2O. The number of carbonyl (C=O) groups is 1. The predicted molar refractivity (Wildman–Crippen MR) is 66.7 cm³/mol. The summed E-state index contributed by atoms with van der Waals surface area (Å²) in [5.74, 6) is 0.569. The van der Waals surface area contributed by atoms with Crippen LogP contribution >= 0.6 is 0 Å². The van der Waals surface area contributed by atoms with E-state index in [1.807, 2.05) is 13.8 Å². The maximum absolute atomic E-state index is 11.3. The van der Waals surface area contributed by atoms with E-state index in [2.05, 4.69) is 11.9 Å². The van der Waals surface area contributed by atoms with Crippen molar-refractivity contribution in [3.63, 3.8) is 0 Å². The van der Waals surface area contributed by atoms with Crippen LogP contribution in [0.4, 0.5) is 0 Å². The van der Waals surface area contributed by atoms with Crippen molar-refractivity contribution in [2.75, 3.05) is 0 Å². The lowest BCUT2D eigenvalue weighted by Gasteiger charge is -2.30. The van der Waals surface area contributed by atoms with Crippen LogP contribution in [0.1, 0.15) is 52.4 Å². The molecule has 0 aromatic rings. The van der Waals surface area contributed by atoms with Crippen LogP contribution in [0.15, 0.2) is 12.3 Å². The molecule has 0 bridgehead atoms. The third-order valence-corrected chi connectivity index (χ3v) is 3.78. The molecule has 3 nitrogen and oxygen atoms in total. The lowest BCUT2D eigenvalue weighted by molar-refractivity contribution is -0.123. The molecule has 1 unspecified atom stereocenters. The molecule has 16 heavy (non-hydrogen) atoms. The fourth-order valence-electron chi connectivity index (χ4n) is 1.94. The number of primary amides is 1. The molecule has 0 heterocycles. The van der Waals surface area contributed by atoms with Gasteiger partial charge in [0.05, 0.1) is 0 Å². The number of allylic oxidation sites excluding steroid dienone is 1. The number of hydrogen-bond acceptors (Lipinski definition) is 2. The van der Waals surface area contributed by atoms with Crippen molar-refractivity contribution in [1.82, 2.24) is 5.32 Å². The molecule has 0 aromatic carbocycles. The average Bonchev–Trinajstić information content (AvgIpc) is 2.14. The molecule has 0 spiro atoms. The predicted octanol–water partition coefficient (Wildman–Crippen LogP) is 2.32. The van der Waals surface area contributed by atoms with Gasteiger partial charge in [0, 0.05) is 5.70 Å². The fourth-order valence-corrected chi connectivity index (χ4v) is 1.94. The van der Waals surface area contributed by atoms with Gasteiger partial charge in [-0.25, -0.2) is 0 Å². The summed E-state index contributed by atoms with van der Waals surface area (Å²) in [6.07, 6.45) is 6.91. The summed E-state index contributed by atoms with van der Waals surface area (Å²) in [6, 6.07) is 0. The van der Waals surface area contributed by atoms with E-state index in [-0.39, 0.29) is 5.91 Å². The Morgan fingerprint density at radius 1 is 1.56 bits per heavy atom. The van der Waals surface area contributed by atoms with Gasteiger partial charge < -0.3 is 11.1 Å². The van der Waals surface area contributed by atoms with Gasteiger partial charge in [-0.15, -0.1) is 0 Å². The summed E-state index contributed by atoms with van der Waals surface area (Å²) in [5, 5.41) is 3.18. The van der Waals surface area contributed by atoms with E-state index < -0.39 is 5.54 Å². The Hall–Kier alpha value is -0.990. The highest BCUT2D eigenvalue weighted by Crippen LogP contribution is 2.31. The van der Waals surface area contributed by atoms with Gasteiger partial charge in [0.15, 0.2) is 0 Å². The van der Waals surface area contributed by atoms with Crippen molar-refractivity contribution in [2.45, 2.75) is 57.9 Å². The zero-order chi connectivity index (χ0) is 12.2. The van der Waals surface area contributed by atoms with E-state index in [9.17, 15) is 4.79 Å². The molecule has 3 heteroatoms. The molecule has 1 atom stereocenters. The highest BCUT2D eigenvalue weighted by Gasteiger charge is 2.29. The zero-order valence-electron chi connectivity index (χ0n) is 10.5. The minimum atomic E-state index is -0.642. The summed E-state index contributed by atoms with van der Waals surface area (Å²) in [5.41, 5.74) is 5.68. The van der Waals surface area contributed by atoms with Crippen molar-refractivity contribution < 1.29 is 4.79 Å². The minimum absolute atomic E-state index is 0.306. The first kappa shape index (κ1) is 13.1. The van der Waals surface area contributed by atoms with Crippen LogP contribution < -0.4 is 11.1 Å². The maximum atomic E-state index is 11.3. The summed E-state index contributed by atoms with van der Waals surface area (Å²) >= 11 is 0. The minimum Gasteiger partial charge on any atom is -0.375 e. The monoisotopic (exact) mass is 224 g/mol. The molecule has 3 N–H and O–H groups in total. The fraction of sp³-hybridized carbons (Fsp3) is 0.769. The number of amides is 1. The van der Waals surface area contributed by atoms with Gasteiger partial charge >= 0.3 is 0 Å². The largest absolute Gasteiger partial charge is 0.375 e. The highest BCUT2D eigenvalue weighted by atomic mass is 16.1. The molecule has 1 fully saturated rings. The quantitative estimate of drug-likeness (QED) is 0.697. The molecule has 1 aliphatic rings.